The van der Waals surface area contributed by atoms with Crippen molar-refractivity contribution in [1.29, 1.82) is 0 Å². The second-order valence-electron chi connectivity index (χ2n) is 7.38. The van der Waals surface area contributed by atoms with Gasteiger partial charge in [-0.15, -0.1) is 24.0 Å². The highest BCUT2D eigenvalue weighted by atomic mass is 127. The lowest BCUT2D eigenvalue weighted by Gasteiger charge is -2.36. The summed E-state index contributed by atoms with van der Waals surface area (Å²) in [5.41, 5.74) is 1.79. The first-order chi connectivity index (χ1) is 15.1. The topological polar surface area (TPSA) is 95.8 Å². The number of piperazine rings is 1. The zero-order chi connectivity index (χ0) is 21.6. The fourth-order valence-electron chi connectivity index (χ4n) is 3.47. The van der Waals surface area contributed by atoms with Crippen molar-refractivity contribution in [2.24, 2.45) is 4.99 Å². The molecule has 0 radical (unpaired) electrons. The number of guanidine groups is 1. The fraction of sp³-hybridized carbons (Fsp3) is 0.429. The average molecular weight is 572 g/mol. The summed E-state index contributed by atoms with van der Waals surface area (Å²) < 4.78 is 10.5. The first kappa shape index (κ1) is 24.5. The molecule has 3 aromatic rings. The highest BCUT2D eigenvalue weighted by Gasteiger charge is 2.21. The van der Waals surface area contributed by atoms with Crippen molar-refractivity contribution in [3.8, 4) is 11.4 Å². The number of benzene rings is 1. The van der Waals surface area contributed by atoms with Crippen LogP contribution in [0.15, 0.2) is 44.4 Å². The predicted octanol–water partition coefficient (Wildman–Crippen LogP) is 3.59. The molecule has 0 atom stereocenters. The minimum Gasteiger partial charge on any atom is -0.361 e. The van der Waals surface area contributed by atoms with E-state index in [4.69, 9.17) is 25.6 Å². The SMILES string of the molecule is CCNC(=NCc1nc(-c2cccc(Cl)c2)no1)N1CCN(Cc2cc(C)on2)CC1.I. The van der Waals surface area contributed by atoms with Crippen molar-refractivity contribution < 1.29 is 9.05 Å². The zero-order valence-corrected chi connectivity index (χ0v) is 21.2. The molecule has 0 saturated carbocycles. The molecule has 0 spiro atoms. The van der Waals surface area contributed by atoms with Crippen molar-refractivity contribution in [2.45, 2.75) is 26.9 Å². The van der Waals surface area contributed by atoms with E-state index in [9.17, 15) is 0 Å². The molecule has 9 nitrogen and oxygen atoms in total. The van der Waals surface area contributed by atoms with Gasteiger partial charge in [-0.25, -0.2) is 4.99 Å². The Morgan fingerprint density at radius 3 is 2.66 bits per heavy atom. The van der Waals surface area contributed by atoms with Gasteiger partial charge < -0.3 is 19.3 Å². The molecule has 1 aliphatic heterocycles. The lowest BCUT2D eigenvalue weighted by molar-refractivity contribution is 0.169. The molecule has 1 aromatic carbocycles. The minimum atomic E-state index is 0. The van der Waals surface area contributed by atoms with Gasteiger partial charge in [0.05, 0.1) is 5.69 Å². The Hall–Kier alpha value is -2.18. The molecule has 4 rings (SSSR count). The van der Waals surface area contributed by atoms with E-state index in [1.165, 1.54) is 0 Å². The maximum absolute atomic E-state index is 6.05. The number of hydrogen-bond donors (Lipinski definition) is 1. The van der Waals surface area contributed by atoms with E-state index in [0.717, 1.165) is 62.2 Å². The van der Waals surface area contributed by atoms with Crippen LogP contribution < -0.4 is 5.32 Å². The highest BCUT2D eigenvalue weighted by molar-refractivity contribution is 14.0. The van der Waals surface area contributed by atoms with Crippen molar-refractivity contribution in [3.63, 3.8) is 0 Å². The summed E-state index contributed by atoms with van der Waals surface area (Å²) >= 11 is 6.05. The van der Waals surface area contributed by atoms with Gasteiger partial charge in [0.2, 0.25) is 11.7 Å². The average Bonchev–Trinajstić information content (AvgIpc) is 3.41. The van der Waals surface area contributed by atoms with E-state index >= 15 is 0 Å². The number of halogens is 2. The predicted molar refractivity (Wildman–Crippen MR) is 133 cm³/mol. The summed E-state index contributed by atoms with van der Waals surface area (Å²) in [6, 6.07) is 9.36. The molecular formula is C21H27ClIN7O2. The summed E-state index contributed by atoms with van der Waals surface area (Å²) in [7, 11) is 0. The van der Waals surface area contributed by atoms with E-state index in [1.54, 1.807) is 0 Å². The van der Waals surface area contributed by atoms with Crippen LogP contribution >= 0.6 is 35.6 Å². The monoisotopic (exact) mass is 571 g/mol. The Balaban J connectivity index is 0.00000289. The number of nitrogens with one attached hydrogen (secondary N) is 1. The first-order valence-electron chi connectivity index (χ1n) is 10.4. The molecule has 0 aliphatic carbocycles. The number of hydrogen-bond acceptors (Lipinski definition) is 7. The molecule has 0 bridgehead atoms. The normalized spacial score (nSPS) is 15.0. The lowest BCUT2D eigenvalue weighted by atomic mass is 10.2. The molecule has 11 heteroatoms. The number of aromatic nitrogens is 3. The van der Waals surface area contributed by atoms with Crippen molar-refractivity contribution in [1.82, 2.24) is 30.4 Å². The third-order valence-corrected chi connectivity index (χ3v) is 5.22. The van der Waals surface area contributed by atoms with Crippen molar-refractivity contribution in [3.05, 3.63) is 52.7 Å². The molecule has 2 aromatic heterocycles. The number of aliphatic imine (C=N–C) groups is 1. The van der Waals surface area contributed by atoms with Gasteiger partial charge in [-0.05, 0) is 26.0 Å². The quantitative estimate of drug-likeness (QED) is 0.273. The van der Waals surface area contributed by atoms with Crippen LogP contribution in [-0.2, 0) is 13.1 Å². The minimum absolute atomic E-state index is 0. The number of aryl methyl sites for hydroxylation is 1. The van der Waals surface area contributed by atoms with Gasteiger partial charge in [0.25, 0.3) is 0 Å². The second-order valence-corrected chi connectivity index (χ2v) is 7.82. The van der Waals surface area contributed by atoms with Crippen LogP contribution in [0.3, 0.4) is 0 Å². The largest absolute Gasteiger partial charge is 0.361 e. The van der Waals surface area contributed by atoms with E-state index in [1.807, 2.05) is 37.3 Å². The highest BCUT2D eigenvalue weighted by Crippen LogP contribution is 2.20. The van der Waals surface area contributed by atoms with Crippen LogP contribution in [0.4, 0.5) is 0 Å². The van der Waals surface area contributed by atoms with E-state index in [0.29, 0.717) is 23.3 Å². The Labute approximate surface area is 209 Å². The molecule has 0 unspecified atom stereocenters. The smallest absolute Gasteiger partial charge is 0.248 e. The third-order valence-electron chi connectivity index (χ3n) is 4.98. The lowest BCUT2D eigenvalue weighted by Crippen LogP contribution is -2.52. The summed E-state index contributed by atoms with van der Waals surface area (Å²) in [4.78, 5) is 13.8. The van der Waals surface area contributed by atoms with Gasteiger partial charge in [0.15, 0.2) is 5.96 Å². The molecule has 1 saturated heterocycles. The van der Waals surface area contributed by atoms with E-state index < -0.39 is 0 Å². The third kappa shape index (κ3) is 6.42. The van der Waals surface area contributed by atoms with Gasteiger partial charge in [0, 0.05) is 55.9 Å². The fourth-order valence-corrected chi connectivity index (χ4v) is 3.66. The van der Waals surface area contributed by atoms with Crippen molar-refractivity contribution in [2.75, 3.05) is 32.7 Å². The molecule has 3 heterocycles. The summed E-state index contributed by atoms with van der Waals surface area (Å²) in [5, 5.41) is 12.1. The van der Waals surface area contributed by atoms with E-state index in [2.05, 4.69) is 37.3 Å². The maximum atomic E-state index is 6.05. The first-order valence-corrected chi connectivity index (χ1v) is 10.7. The van der Waals surface area contributed by atoms with Crippen LogP contribution in [0.2, 0.25) is 5.02 Å². The van der Waals surface area contributed by atoms with Gasteiger partial charge in [-0.1, -0.05) is 34.0 Å². The Bertz CT molecular complexity index is 1030. The molecule has 32 heavy (non-hydrogen) atoms. The molecule has 1 fully saturated rings. The van der Waals surface area contributed by atoms with Gasteiger partial charge in [0.1, 0.15) is 12.3 Å². The Morgan fingerprint density at radius 1 is 1.16 bits per heavy atom. The Kier molecular flexibility index (Phi) is 8.88. The summed E-state index contributed by atoms with van der Waals surface area (Å²) in [6.45, 7) is 9.47. The van der Waals surface area contributed by atoms with Crippen LogP contribution in [0.5, 0.6) is 0 Å². The standard InChI is InChI=1S/C21H26ClN7O2.HI/c1-3-23-21(29-9-7-28(8-10-29)14-18-11-15(2)30-26-18)24-13-19-25-20(27-31-19)16-5-4-6-17(22)12-16;/h4-6,11-12H,3,7-10,13-14H2,1-2H3,(H,23,24);1H. The van der Waals surface area contributed by atoms with Crippen LogP contribution in [0.25, 0.3) is 11.4 Å². The zero-order valence-electron chi connectivity index (χ0n) is 18.1. The molecule has 1 aliphatic rings. The van der Waals surface area contributed by atoms with E-state index in [-0.39, 0.29) is 24.0 Å². The number of rotatable bonds is 6. The summed E-state index contributed by atoms with van der Waals surface area (Å²) in [5.74, 6) is 2.66. The molecule has 0 amide bonds. The second kappa shape index (κ2) is 11.6. The van der Waals surface area contributed by atoms with Crippen LogP contribution in [0.1, 0.15) is 24.3 Å². The molecule has 172 valence electrons. The number of nitrogens with zero attached hydrogens (tertiary/aromatic N) is 6. The van der Waals surface area contributed by atoms with Gasteiger partial charge >= 0.3 is 0 Å². The molecular weight excluding hydrogens is 545 g/mol. The maximum Gasteiger partial charge on any atom is 0.248 e. The molecule has 1 N–H and O–H groups in total. The van der Waals surface area contributed by atoms with Crippen molar-refractivity contribution >= 4 is 41.5 Å². The van der Waals surface area contributed by atoms with Gasteiger partial charge in [-0.2, -0.15) is 4.98 Å². The summed E-state index contributed by atoms with van der Waals surface area (Å²) in [6.07, 6.45) is 0. The van der Waals surface area contributed by atoms with Crippen LogP contribution in [0, 0.1) is 6.92 Å². The van der Waals surface area contributed by atoms with Gasteiger partial charge in [-0.3, -0.25) is 4.90 Å². The van der Waals surface area contributed by atoms with Crippen LogP contribution in [-0.4, -0.2) is 63.8 Å². The Morgan fingerprint density at radius 2 is 1.97 bits per heavy atom.